The Labute approximate surface area is 152 Å². The van der Waals surface area contributed by atoms with E-state index in [0.717, 1.165) is 0 Å². The number of aromatic nitrogens is 3. The van der Waals surface area contributed by atoms with Gasteiger partial charge >= 0.3 is 5.69 Å². The molecular formula is C16H16N4O4S2. The quantitative estimate of drug-likeness (QED) is 0.720. The first-order valence-corrected chi connectivity index (χ1v) is 10.4. The number of nitrogens with one attached hydrogen (secondary N) is 1. The molecule has 4 rings (SSSR count). The van der Waals surface area contributed by atoms with Crippen LogP contribution in [0.3, 0.4) is 0 Å². The van der Waals surface area contributed by atoms with Crippen LogP contribution in [0.1, 0.15) is 18.9 Å². The van der Waals surface area contributed by atoms with E-state index in [-0.39, 0.29) is 24.8 Å². The van der Waals surface area contributed by atoms with Crippen LogP contribution in [0.4, 0.5) is 0 Å². The maximum absolute atomic E-state index is 12.7. The van der Waals surface area contributed by atoms with Crippen LogP contribution in [-0.2, 0) is 10.0 Å². The molecule has 0 spiro atoms. The van der Waals surface area contributed by atoms with Crippen molar-refractivity contribution >= 4 is 32.4 Å². The second-order valence-electron chi connectivity index (χ2n) is 6.07. The van der Waals surface area contributed by atoms with Crippen LogP contribution >= 0.6 is 11.3 Å². The summed E-state index contributed by atoms with van der Waals surface area (Å²) in [6.07, 6.45) is 2.31. The molecule has 3 aromatic rings. The Kier molecular flexibility index (Phi) is 4.25. The Morgan fingerprint density at radius 1 is 1.15 bits per heavy atom. The number of nitrogens with zero attached hydrogens (tertiary/aromatic N) is 3. The third-order valence-electron chi connectivity index (χ3n) is 4.58. The smallest absolute Gasteiger partial charge is 0.291 e. The molecule has 1 fully saturated rings. The standard InChI is InChI=1S/C16H16N4O4S2/c21-15-12-3-1-7-17-14(12)18-16(22)20(15)11-5-8-19(9-6-11)26(23,24)13-4-2-10-25-13/h1-4,7,10-11H,5-6,8-9H2,(H,17,18,22). The first-order chi connectivity index (χ1) is 12.5. The monoisotopic (exact) mass is 392 g/mol. The van der Waals surface area contributed by atoms with Crippen LogP contribution in [0, 0.1) is 0 Å². The Morgan fingerprint density at radius 2 is 1.92 bits per heavy atom. The van der Waals surface area contributed by atoms with Gasteiger partial charge in [0, 0.05) is 25.3 Å². The zero-order valence-corrected chi connectivity index (χ0v) is 15.3. The van der Waals surface area contributed by atoms with E-state index in [1.807, 2.05) is 0 Å². The van der Waals surface area contributed by atoms with Crippen molar-refractivity contribution in [3.8, 4) is 0 Å². The van der Waals surface area contributed by atoms with E-state index in [1.165, 1.54) is 26.4 Å². The number of H-pyrrole nitrogens is 1. The lowest BCUT2D eigenvalue weighted by molar-refractivity contribution is 0.266. The molecule has 0 aliphatic carbocycles. The second kappa shape index (κ2) is 6.45. The van der Waals surface area contributed by atoms with Gasteiger partial charge in [0.05, 0.1) is 5.39 Å². The Morgan fingerprint density at radius 3 is 2.62 bits per heavy atom. The molecule has 0 aromatic carbocycles. The number of rotatable bonds is 3. The van der Waals surface area contributed by atoms with Gasteiger partial charge in [-0.1, -0.05) is 6.07 Å². The van der Waals surface area contributed by atoms with Crippen molar-refractivity contribution in [2.75, 3.05) is 13.1 Å². The molecule has 0 unspecified atom stereocenters. The maximum atomic E-state index is 12.7. The first kappa shape index (κ1) is 17.1. The topological polar surface area (TPSA) is 105 Å². The van der Waals surface area contributed by atoms with E-state index in [4.69, 9.17) is 0 Å². The van der Waals surface area contributed by atoms with Crippen LogP contribution in [0.5, 0.6) is 0 Å². The summed E-state index contributed by atoms with van der Waals surface area (Å²) >= 11 is 1.18. The highest BCUT2D eigenvalue weighted by Crippen LogP contribution is 2.27. The Bertz CT molecular complexity index is 1160. The molecule has 3 aromatic heterocycles. The molecule has 136 valence electrons. The van der Waals surface area contributed by atoms with Gasteiger partial charge in [-0.3, -0.25) is 14.3 Å². The number of pyridine rings is 1. The van der Waals surface area contributed by atoms with Crippen LogP contribution in [0.2, 0.25) is 0 Å². The van der Waals surface area contributed by atoms with E-state index >= 15 is 0 Å². The van der Waals surface area contributed by atoms with Crippen molar-refractivity contribution in [3.63, 3.8) is 0 Å². The summed E-state index contributed by atoms with van der Waals surface area (Å²) in [7, 11) is -3.51. The molecule has 0 amide bonds. The third-order valence-corrected chi connectivity index (χ3v) is 7.85. The minimum atomic E-state index is -3.51. The minimum absolute atomic E-state index is 0.261. The summed E-state index contributed by atoms with van der Waals surface area (Å²) in [6, 6.07) is 6.20. The van der Waals surface area contributed by atoms with Crippen molar-refractivity contribution in [1.82, 2.24) is 18.8 Å². The predicted octanol–water partition coefficient (Wildman–Crippen LogP) is 1.17. The second-order valence-corrected chi connectivity index (χ2v) is 9.18. The van der Waals surface area contributed by atoms with Crippen LogP contribution in [0.15, 0.2) is 49.6 Å². The number of sulfonamides is 1. The van der Waals surface area contributed by atoms with E-state index in [9.17, 15) is 18.0 Å². The van der Waals surface area contributed by atoms with E-state index in [2.05, 4.69) is 9.97 Å². The zero-order valence-electron chi connectivity index (χ0n) is 13.7. The molecule has 1 saturated heterocycles. The molecule has 10 heteroatoms. The maximum Gasteiger partial charge on any atom is 0.330 e. The van der Waals surface area contributed by atoms with Gasteiger partial charge in [-0.15, -0.1) is 11.3 Å². The van der Waals surface area contributed by atoms with Crippen molar-refractivity contribution in [1.29, 1.82) is 0 Å². The average molecular weight is 392 g/mol. The van der Waals surface area contributed by atoms with E-state index in [1.54, 1.807) is 29.6 Å². The molecule has 1 aliphatic rings. The van der Waals surface area contributed by atoms with Crippen molar-refractivity contribution in [2.24, 2.45) is 0 Å². The van der Waals surface area contributed by atoms with Crippen molar-refractivity contribution in [2.45, 2.75) is 23.1 Å². The number of hydrogen-bond donors (Lipinski definition) is 1. The van der Waals surface area contributed by atoms with E-state index in [0.29, 0.717) is 22.4 Å². The summed E-state index contributed by atoms with van der Waals surface area (Å²) < 4.78 is 28.1. The van der Waals surface area contributed by atoms with Crippen molar-refractivity contribution in [3.05, 3.63) is 56.7 Å². The average Bonchev–Trinajstić information content (AvgIpc) is 3.18. The molecule has 8 nitrogen and oxygen atoms in total. The number of aromatic amines is 1. The van der Waals surface area contributed by atoms with Crippen molar-refractivity contribution < 1.29 is 8.42 Å². The Balaban J connectivity index is 1.62. The van der Waals surface area contributed by atoms with Gasteiger partial charge in [0.25, 0.3) is 15.6 Å². The lowest BCUT2D eigenvalue weighted by Crippen LogP contribution is -2.44. The molecule has 0 saturated carbocycles. The molecule has 1 aliphatic heterocycles. The predicted molar refractivity (Wildman–Crippen MR) is 98.0 cm³/mol. The van der Waals surface area contributed by atoms with Crippen LogP contribution < -0.4 is 11.2 Å². The highest BCUT2D eigenvalue weighted by atomic mass is 32.2. The largest absolute Gasteiger partial charge is 0.330 e. The summed E-state index contributed by atoms with van der Waals surface area (Å²) in [6.45, 7) is 0.531. The summed E-state index contributed by atoms with van der Waals surface area (Å²) in [4.78, 5) is 31.7. The van der Waals surface area contributed by atoms with Gasteiger partial charge in [0.2, 0.25) is 0 Å². The van der Waals surface area contributed by atoms with Gasteiger partial charge in [-0.05, 0) is 36.4 Å². The normalized spacial score (nSPS) is 16.9. The lowest BCUT2D eigenvalue weighted by Gasteiger charge is -2.31. The fourth-order valence-electron chi connectivity index (χ4n) is 3.27. The fraction of sp³-hybridized carbons (Fsp3) is 0.312. The number of thiophene rings is 1. The first-order valence-electron chi connectivity index (χ1n) is 8.11. The Hall–Kier alpha value is -2.30. The molecule has 0 bridgehead atoms. The number of piperidine rings is 1. The highest BCUT2D eigenvalue weighted by molar-refractivity contribution is 7.91. The van der Waals surface area contributed by atoms with Gasteiger partial charge in [0.1, 0.15) is 9.86 Å². The zero-order chi connectivity index (χ0) is 18.3. The number of fused-ring (bicyclic) bond motifs is 1. The summed E-state index contributed by atoms with van der Waals surface area (Å²) in [5.41, 5.74) is -0.645. The van der Waals surface area contributed by atoms with Gasteiger partial charge in [0.15, 0.2) is 0 Å². The third kappa shape index (κ3) is 2.79. The molecule has 4 heterocycles. The van der Waals surface area contributed by atoms with Crippen LogP contribution in [-0.4, -0.2) is 40.3 Å². The molecular weight excluding hydrogens is 376 g/mol. The van der Waals surface area contributed by atoms with Gasteiger partial charge in [-0.2, -0.15) is 4.31 Å². The van der Waals surface area contributed by atoms with Gasteiger partial charge in [-0.25, -0.2) is 18.2 Å². The minimum Gasteiger partial charge on any atom is -0.291 e. The van der Waals surface area contributed by atoms with Crippen LogP contribution in [0.25, 0.3) is 11.0 Å². The molecule has 1 N–H and O–H groups in total. The summed E-state index contributed by atoms with van der Waals surface area (Å²) in [5, 5.41) is 2.07. The van der Waals surface area contributed by atoms with Gasteiger partial charge < -0.3 is 0 Å². The van der Waals surface area contributed by atoms with E-state index < -0.39 is 21.3 Å². The summed E-state index contributed by atoms with van der Waals surface area (Å²) in [5.74, 6) is 0. The molecule has 26 heavy (non-hydrogen) atoms. The number of hydrogen-bond acceptors (Lipinski definition) is 6. The lowest BCUT2D eigenvalue weighted by atomic mass is 10.1. The fourth-order valence-corrected chi connectivity index (χ4v) is 5.89. The SMILES string of the molecule is O=c1[nH]c2ncccc2c(=O)n1C1CCN(S(=O)(=O)c2cccs2)CC1. The molecule has 0 radical (unpaired) electrons. The molecule has 0 atom stereocenters. The highest BCUT2D eigenvalue weighted by Gasteiger charge is 2.31.